The molecule has 0 atom stereocenters. The van der Waals surface area contributed by atoms with Crippen LogP contribution in [0.3, 0.4) is 0 Å². The van der Waals surface area contributed by atoms with Crippen molar-refractivity contribution in [3.8, 4) is 0 Å². The largest absolute Gasteiger partial charge is 0.468 e. The second kappa shape index (κ2) is 7.78. The molecule has 3 rings (SSSR count). The lowest BCUT2D eigenvalue weighted by Crippen LogP contribution is -2.39. The Hall–Kier alpha value is -2.42. The third kappa shape index (κ3) is 4.14. The third-order valence-corrected chi connectivity index (χ3v) is 6.57. The number of rotatable bonds is 6. The number of benzene rings is 2. The first kappa shape index (κ1) is 21.3. The third-order valence-electron chi connectivity index (χ3n) is 4.92. The molecule has 0 bridgehead atoms. The molecule has 1 amide bonds. The summed E-state index contributed by atoms with van der Waals surface area (Å²) >= 11 is 5.84. The van der Waals surface area contributed by atoms with Crippen LogP contribution in [0.25, 0.3) is 0 Å². The Kier molecular flexibility index (Phi) is 5.71. The molecule has 0 unspecified atom stereocenters. The van der Waals surface area contributed by atoms with Crippen LogP contribution in [0.15, 0.2) is 47.4 Å². The summed E-state index contributed by atoms with van der Waals surface area (Å²) in [5.74, 6) is -0.843. The highest BCUT2D eigenvalue weighted by molar-refractivity contribution is 7.89. The predicted molar refractivity (Wildman–Crippen MR) is 109 cm³/mol. The molecule has 0 aliphatic carbocycles. The molecule has 9 heteroatoms. The maximum atomic E-state index is 12.8. The highest BCUT2D eigenvalue weighted by atomic mass is 35.5. The van der Waals surface area contributed by atoms with Gasteiger partial charge in [-0.15, -0.1) is 0 Å². The number of hydrogen-bond acceptors (Lipinski definition) is 5. The van der Waals surface area contributed by atoms with E-state index >= 15 is 0 Å². The van der Waals surface area contributed by atoms with Gasteiger partial charge in [-0.2, -0.15) is 0 Å². The highest BCUT2D eigenvalue weighted by Gasteiger charge is 2.45. The first-order valence-electron chi connectivity index (χ1n) is 8.83. The van der Waals surface area contributed by atoms with E-state index in [4.69, 9.17) is 11.6 Å². The second-order valence-electron chi connectivity index (χ2n) is 7.22. The zero-order chi connectivity index (χ0) is 21.4. The average Bonchev–Trinajstić information content (AvgIpc) is 2.88. The summed E-state index contributed by atoms with van der Waals surface area (Å²) in [5.41, 5.74) is 0.840. The van der Waals surface area contributed by atoms with Crippen LogP contribution in [0, 0.1) is 0 Å². The summed E-state index contributed by atoms with van der Waals surface area (Å²) < 4.78 is 32.7. The number of halogens is 1. The Morgan fingerprint density at radius 3 is 2.45 bits per heavy atom. The van der Waals surface area contributed by atoms with Crippen LogP contribution in [-0.2, 0) is 36.3 Å². The number of ether oxygens (including phenoxy) is 1. The van der Waals surface area contributed by atoms with E-state index in [1.807, 2.05) is 0 Å². The molecule has 1 aliphatic heterocycles. The van der Waals surface area contributed by atoms with Gasteiger partial charge in [-0.1, -0.05) is 23.7 Å². The van der Waals surface area contributed by atoms with Crippen LogP contribution in [0.2, 0.25) is 5.02 Å². The molecule has 154 valence electrons. The molecule has 0 aromatic heterocycles. The maximum absolute atomic E-state index is 12.8. The molecule has 0 radical (unpaired) electrons. The Morgan fingerprint density at radius 1 is 1.17 bits per heavy atom. The van der Waals surface area contributed by atoms with Crippen molar-refractivity contribution in [2.24, 2.45) is 0 Å². The molecule has 2 aromatic rings. The van der Waals surface area contributed by atoms with Gasteiger partial charge in [0.2, 0.25) is 15.9 Å². The van der Waals surface area contributed by atoms with Crippen LogP contribution in [-0.4, -0.2) is 33.9 Å². The standard InChI is InChI=1S/C20H21ClN2O5S/c1-20(2)16-10-15(8-9-17(16)23(19(20)25)12-18(24)28-3)29(26,27)22-11-13-4-6-14(21)7-5-13/h4-10,22H,11-12H2,1-3H3. The van der Waals surface area contributed by atoms with E-state index in [0.29, 0.717) is 16.3 Å². The van der Waals surface area contributed by atoms with Crippen LogP contribution < -0.4 is 9.62 Å². The van der Waals surface area contributed by atoms with Gasteiger partial charge in [0, 0.05) is 17.3 Å². The molecular formula is C20H21ClN2O5S. The molecule has 0 saturated carbocycles. The zero-order valence-corrected chi connectivity index (χ0v) is 17.8. The lowest BCUT2D eigenvalue weighted by molar-refractivity contribution is -0.140. The Labute approximate surface area is 174 Å². The monoisotopic (exact) mass is 436 g/mol. The van der Waals surface area contributed by atoms with Crippen LogP contribution in [0.5, 0.6) is 0 Å². The average molecular weight is 437 g/mol. The van der Waals surface area contributed by atoms with Gasteiger partial charge >= 0.3 is 5.97 Å². The molecule has 1 N–H and O–H groups in total. The van der Waals surface area contributed by atoms with Gasteiger partial charge in [0.05, 0.1) is 17.4 Å². The predicted octanol–water partition coefficient (Wildman–Crippen LogP) is 2.62. The van der Waals surface area contributed by atoms with Crippen molar-refractivity contribution >= 4 is 39.2 Å². The van der Waals surface area contributed by atoms with Crippen molar-refractivity contribution in [3.63, 3.8) is 0 Å². The number of hydrogen-bond donors (Lipinski definition) is 1. The van der Waals surface area contributed by atoms with Crippen molar-refractivity contribution in [2.45, 2.75) is 30.7 Å². The summed E-state index contributed by atoms with van der Waals surface area (Å²) in [5, 5.41) is 0.568. The number of nitrogens with one attached hydrogen (secondary N) is 1. The lowest BCUT2D eigenvalue weighted by atomic mass is 9.86. The van der Waals surface area contributed by atoms with E-state index in [-0.39, 0.29) is 23.9 Å². The van der Waals surface area contributed by atoms with E-state index in [1.54, 1.807) is 44.2 Å². The lowest BCUT2D eigenvalue weighted by Gasteiger charge is -2.19. The van der Waals surface area contributed by atoms with E-state index in [9.17, 15) is 18.0 Å². The number of carbonyl (C=O) groups excluding carboxylic acids is 2. The number of anilines is 1. The molecule has 1 heterocycles. The van der Waals surface area contributed by atoms with Crippen molar-refractivity contribution in [1.82, 2.24) is 4.72 Å². The Bertz CT molecular complexity index is 1060. The quantitative estimate of drug-likeness (QED) is 0.702. The molecule has 7 nitrogen and oxygen atoms in total. The van der Waals surface area contributed by atoms with Crippen molar-refractivity contribution in [1.29, 1.82) is 0 Å². The number of fused-ring (bicyclic) bond motifs is 1. The second-order valence-corrected chi connectivity index (χ2v) is 9.43. The maximum Gasteiger partial charge on any atom is 0.325 e. The smallest absolute Gasteiger partial charge is 0.325 e. The molecule has 29 heavy (non-hydrogen) atoms. The number of nitrogens with zero attached hydrogens (tertiary/aromatic N) is 1. The fourth-order valence-corrected chi connectivity index (χ4v) is 4.36. The van der Waals surface area contributed by atoms with Crippen molar-refractivity contribution < 1.29 is 22.7 Å². The normalized spacial score (nSPS) is 15.3. The first-order valence-corrected chi connectivity index (χ1v) is 10.7. The topological polar surface area (TPSA) is 92.8 Å². The van der Waals surface area contributed by atoms with E-state index in [2.05, 4.69) is 9.46 Å². The summed E-state index contributed by atoms with van der Waals surface area (Å²) in [6.07, 6.45) is 0. The number of amides is 1. The minimum absolute atomic E-state index is 0.0472. The molecule has 1 aliphatic rings. The van der Waals surface area contributed by atoms with Gasteiger partial charge in [-0.3, -0.25) is 9.59 Å². The minimum Gasteiger partial charge on any atom is -0.468 e. The molecular weight excluding hydrogens is 416 g/mol. The number of sulfonamides is 1. The summed E-state index contributed by atoms with van der Waals surface area (Å²) in [6, 6.07) is 11.3. The van der Waals surface area contributed by atoms with Gasteiger partial charge in [-0.05, 0) is 55.3 Å². The fourth-order valence-electron chi connectivity index (χ4n) is 3.19. The summed E-state index contributed by atoms with van der Waals surface area (Å²) in [6.45, 7) is 3.27. The number of methoxy groups -OCH3 is 1. The van der Waals surface area contributed by atoms with Gasteiger partial charge in [0.1, 0.15) is 6.54 Å². The van der Waals surface area contributed by atoms with Gasteiger partial charge in [-0.25, -0.2) is 13.1 Å². The molecule has 2 aromatic carbocycles. The summed E-state index contributed by atoms with van der Waals surface area (Å²) in [4.78, 5) is 25.8. The van der Waals surface area contributed by atoms with Crippen molar-refractivity contribution in [3.05, 3.63) is 58.6 Å². The number of carbonyl (C=O) groups is 2. The summed E-state index contributed by atoms with van der Waals surface area (Å²) in [7, 11) is -2.56. The molecule has 0 spiro atoms. The Morgan fingerprint density at radius 2 is 1.83 bits per heavy atom. The number of esters is 1. The fraction of sp³-hybridized carbons (Fsp3) is 0.300. The van der Waals surface area contributed by atoms with E-state index in [0.717, 1.165) is 5.56 Å². The molecule has 0 saturated heterocycles. The van der Waals surface area contributed by atoms with Crippen LogP contribution in [0.1, 0.15) is 25.0 Å². The van der Waals surface area contributed by atoms with Crippen LogP contribution >= 0.6 is 11.6 Å². The zero-order valence-electron chi connectivity index (χ0n) is 16.2. The van der Waals surface area contributed by atoms with Gasteiger partial charge in [0.15, 0.2) is 0 Å². The van der Waals surface area contributed by atoms with Gasteiger partial charge in [0.25, 0.3) is 0 Å². The highest BCUT2D eigenvalue weighted by Crippen LogP contribution is 2.42. The van der Waals surface area contributed by atoms with Crippen molar-refractivity contribution in [2.75, 3.05) is 18.6 Å². The first-order chi connectivity index (χ1) is 13.6. The van der Waals surface area contributed by atoms with Crippen LogP contribution in [0.4, 0.5) is 5.69 Å². The van der Waals surface area contributed by atoms with E-state index in [1.165, 1.54) is 24.1 Å². The van der Waals surface area contributed by atoms with E-state index < -0.39 is 21.4 Å². The minimum atomic E-state index is -3.81. The van der Waals surface area contributed by atoms with Gasteiger partial charge < -0.3 is 9.64 Å². The molecule has 0 fully saturated rings. The Balaban J connectivity index is 1.89. The SMILES string of the molecule is COC(=O)CN1C(=O)C(C)(C)c2cc(S(=O)(=O)NCc3ccc(Cl)cc3)ccc21.